The van der Waals surface area contributed by atoms with Crippen LogP contribution in [0.1, 0.15) is 15.9 Å². The Morgan fingerprint density at radius 2 is 1.89 bits per heavy atom. The summed E-state index contributed by atoms with van der Waals surface area (Å²) in [5.41, 5.74) is 1.05. The van der Waals surface area contributed by atoms with Crippen LogP contribution in [0.25, 0.3) is 0 Å². The van der Waals surface area contributed by atoms with Crippen LogP contribution >= 0.6 is 34.2 Å². The van der Waals surface area contributed by atoms with Gasteiger partial charge in [0.25, 0.3) is 0 Å². The monoisotopic (exact) mass is 388 g/mol. The number of aromatic carboxylic acids is 1. The van der Waals surface area contributed by atoms with Gasteiger partial charge in [0.2, 0.25) is 0 Å². The van der Waals surface area contributed by atoms with Crippen LogP contribution in [0.2, 0.25) is 5.02 Å². The van der Waals surface area contributed by atoms with E-state index in [0.717, 1.165) is 9.13 Å². The van der Waals surface area contributed by atoms with E-state index in [1.807, 2.05) is 24.3 Å². The van der Waals surface area contributed by atoms with Crippen LogP contribution in [-0.4, -0.2) is 11.1 Å². The van der Waals surface area contributed by atoms with Crippen molar-refractivity contribution in [1.82, 2.24) is 0 Å². The van der Waals surface area contributed by atoms with Crippen molar-refractivity contribution in [3.63, 3.8) is 0 Å². The molecule has 0 saturated carbocycles. The molecular formula is C14H10ClIO3. The third kappa shape index (κ3) is 3.84. The van der Waals surface area contributed by atoms with Crippen LogP contribution in [0, 0.1) is 3.57 Å². The molecule has 0 saturated heterocycles. The van der Waals surface area contributed by atoms with E-state index in [0.29, 0.717) is 17.4 Å². The number of rotatable bonds is 4. The van der Waals surface area contributed by atoms with Crippen LogP contribution in [-0.2, 0) is 6.61 Å². The topological polar surface area (TPSA) is 46.5 Å². The van der Waals surface area contributed by atoms with Gasteiger partial charge in [-0.2, -0.15) is 0 Å². The summed E-state index contributed by atoms with van der Waals surface area (Å²) in [6.45, 7) is 0.318. The molecule has 0 aliphatic heterocycles. The SMILES string of the molecule is O=C(O)c1cc(Cl)ccc1OCc1ccc(I)cc1. The second kappa shape index (κ2) is 6.25. The first-order valence-electron chi connectivity index (χ1n) is 5.46. The average Bonchev–Trinajstić information content (AvgIpc) is 2.39. The van der Waals surface area contributed by atoms with Gasteiger partial charge in [-0.15, -0.1) is 0 Å². The van der Waals surface area contributed by atoms with Crippen LogP contribution in [0.3, 0.4) is 0 Å². The normalized spacial score (nSPS) is 10.2. The van der Waals surface area contributed by atoms with Gasteiger partial charge in [0.05, 0.1) is 0 Å². The van der Waals surface area contributed by atoms with Gasteiger partial charge in [0.1, 0.15) is 17.9 Å². The van der Waals surface area contributed by atoms with E-state index in [-0.39, 0.29) is 5.56 Å². The lowest BCUT2D eigenvalue weighted by Gasteiger charge is -2.09. The Morgan fingerprint density at radius 1 is 1.21 bits per heavy atom. The molecular weight excluding hydrogens is 379 g/mol. The van der Waals surface area contributed by atoms with Crippen LogP contribution in [0.15, 0.2) is 42.5 Å². The fourth-order valence-electron chi connectivity index (χ4n) is 1.54. The Labute approximate surface area is 129 Å². The maximum Gasteiger partial charge on any atom is 0.339 e. The number of benzene rings is 2. The zero-order valence-electron chi connectivity index (χ0n) is 9.77. The molecule has 2 rings (SSSR count). The number of hydrogen-bond acceptors (Lipinski definition) is 2. The van der Waals surface area contributed by atoms with Gasteiger partial charge in [-0.1, -0.05) is 23.7 Å². The highest BCUT2D eigenvalue weighted by atomic mass is 127. The molecule has 2 aromatic carbocycles. The molecule has 0 spiro atoms. The molecule has 3 nitrogen and oxygen atoms in total. The lowest BCUT2D eigenvalue weighted by molar-refractivity contribution is 0.0692. The first kappa shape index (κ1) is 14.1. The average molecular weight is 389 g/mol. The van der Waals surface area contributed by atoms with Gasteiger partial charge in [-0.25, -0.2) is 4.79 Å². The number of carbonyl (C=O) groups is 1. The highest BCUT2D eigenvalue weighted by molar-refractivity contribution is 14.1. The van der Waals surface area contributed by atoms with Crippen molar-refractivity contribution >= 4 is 40.2 Å². The standard InChI is InChI=1S/C14H10ClIO3/c15-10-3-6-13(12(7-10)14(17)18)19-8-9-1-4-11(16)5-2-9/h1-7H,8H2,(H,17,18). The summed E-state index contributed by atoms with van der Waals surface area (Å²) in [6.07, 6.45) is 0. The molecule has 98 valence electrons. The summed E-state index contributed by atoms with van der Waals surface area (Å²) >= 11 is 8.00. The number of carboxylic acids is 1. The van der Waals surface area contributed by atoms with E-state index >= 15 is 0 Å². The molecule has 0 aliphatic carbocycles. The molecule has 0 aliphatic rings. The van der Waals surface area contributed by atoms with Crippen molar-refractivity contribution in [2.24, 2.45) is 0 Å². The minimum Gasteiger partial charge on any atom is -0.488 e. The largest absolute Gasteiger partial charge is 0.488 e. The van der Waals surface area contributed by atoms with E-state index in [4.69, 9.17) is 21.4 Å². The highest BCUT2D eigenvalue weighted by Crippen LogP contribution is 2.24. The molecule has 0 aromatic heterocycles. The van der Waals surface area contributed by atoms with Crippen LogP contribution in [0.4, 0.5) is 0 Å². The third-order valence-corrected chi connectivity index (χ3v) is 3.43. The second-order valence-electron chi connectivity index (χ2n) is 3.86. The minimum atomic E-state index is -1.06. The molecule has 2 aromatic rings. The van der Waals surface area contributed by atoms with Crippen LogP contribution in [0.5, 0.6) is 5.75 Å². The Morgan fingerprint density at radius 3 is 2.53 bits per heavy atom. The van der Waals surface area contributed by atoms with Crippen molar-refractivity contribution in [3.8, 4) is 5.75 Å². The molecule has 0 radical (unpaired) electrons. The Bertz CT molecular complexity index is 596. The summed E-state index contributed by atoms with van der Waals surface area (Å²) in [4.78, 5) is 11.1. The maximum atomic E-state index is 11.1. The molecule has 0 atom stereocenters. The summed E-state index contributed by atoms with van der Waals surface area (Å²) in [6, 6.07) is 12.4. The van der Waals surface area contributed by atoms with Crippen molar-refractivity contribution in [1.29, 1.82) is 0 Å². The molecule has 5 heteroatoms. The van der Waals surface area contributed by atoms with Gasteiger partial charge in [0.15, 0.2) is 0 Å². The van der Waals surface area contributed by atoms with E-state index in [9.17, 15) is 4.79 Å². The molecule has 0 unspecified atom stereocenters. The fraction of sp³-hybridized carbons (Fsp3) is 0.0714. The van der Waals surface area contributed by atoms with Crippen molar-refractivity contribution in [2.45, 2.75) is 6.61 Å². The predicted octanol–water partition coefficient (Wildman–Crippen LogP) is 4.22. The van der Waals surface area contributed by atoms with E-state index < -0.39 is 5.97 Å². The van der Waals surface area contributed by atoms with Gasteiger partial charge in [-0.05, 0) is 58.5 Å². The molecule has 0 fully saturated rings. The lowest BCUT2D eigenvalue weighted by atomic mass is 10.2. The zero-order valence-corrected chi connectivity index (χ0v) is 12.7. The first-order chi connectivity index (χ1) is 9.06. The van der Waals surface area contributed by atoms with Crippen molar-refractivity contribution in [2.75, 3.05) is 0 Å². The minimum absolute atomic E-state index is 0.0676. The van der Waals surface area contributed by atoms with Crippen molar-refractivity contribution < 1.29 is 14.6 Å². The number of carboxylic acid groups (broad SMARTS) is 1. The molecule has 0 heterocycles. The number of hydrogen-bond donors (Lipinski definition) is 1. The quantitative estimate of drug-likeness (QED) is 0.798. The van der Waals surface area contributed by atoms with Gasteiger partial charge in [-0.3, -0.25) is 0 Å². The van der Waals surface area contributed by atoms with E-state index in [2.05, 4.69) is 22.6 Å². The summed E-state index contributed by atoms with van der Waals surface area (Å²) in [7, 11) is 0. The zero-order chi connectivity index (χ0) is 13.8. The van der Waals surface area contributed by atoms with Crippen molar-refractivity contribution in [3.05, 3.63) is 62.2 Å². The van der Waals surface area contributed by atoms with Gasteiger partial charge >= 0.3 is 5.97 Å². The summed E-state index contributed by atoms with van der Waals surface area (Å²) in [5, 5.41) is 9.46. The summed E-state index contributed by atoms with van der Waals surface area (Å²) in [5.74, 6) is -0.740. The van der Waals surface area contributed by atoms with E-state index in [1.54, 1.807) is 12.1 Å². The molecule has 0 bridgehead atoms. The predicted molar refractivity (Wildman–Crippen MR) is 81.9 cm³/mol. The first-order valence-corrected chi connectivity index (χ1v) is 6.92. The second-order valence-corrected chi connectivity index (χ2v) is 5.54. The van der Waals surface area contributed by atoms with Crippen LogP contribution < -0.4 is 4.74 Å². The molecule has 19 heavy (non-hydrogen) atoms. The summed E-state index contributed by atoms with van der Waals surface area (Å²) < 4.78 is 6.68. The Balaban J connectivity index is 2.15. The van der Waals surface area contributed by atoms with E-state index in [1.165, 1.54) is 6.07 Å². The van der Waals surface area contributed by atoms with Gasteiger partial charge in [0, 0.05) is 8.59 Å². The fourth-order valence-corrected chi connectivity index (χ4v) is 2.07. The number of halogens is 2. The Kier molecular flexibility index (Phi) is 4.66. The smallest absolute Gasteiger partial charge is 0.339 e. The molecule has 0 amide bonds. The maximum absolute atomic E-state index is 11.1. The molecule has 1 N–H and O–H groups in total. The lowest BCUT2D eigenvalue weighted by Crippen LogP contribution is -2.03. The third-order valence-electron chi connectivity index (χ3n) is 2.48. The Hall–Kier alpha value is -1.27. The van der Waals surface area contributed by atoms with Gasteiger partial charge < -0.3 is 9.84 Å². The number of ether oxygens (including phenoxy) is 1. The highest BCUT2D eigenvalue weighted by Gasteiger charge is 2.12.